The van der Waals surface area contributed by atoms with Gasteiger partial charge < -0.3 is 20.5 Å². The van der Waals surface area contributed by atoms with Gasteiger partial charge in [-0.15, -0.1) is 0 Å². The number of nitrogens with two attached hydrogens (primary N) is 1. The molecule has 0 radical (unpaired) electrons. The highest BCUT2D eigenvalue weighted by Gasteiger charge is 2.45. The third kappa shape index (κ3) is 2.81. The lowest BCUT2D eigenvalue weighted by molar-refractivity contribution is -0.123. The highest BCUT2D eigenvalue weighted by atomic mass is 16.5. The second kappa shape index (κ2) is 5.09. The highest BCUT2D eigenvalue weighted by Crippen LogP contribution is 2.33. The third-order valence-electron chi connectivity index (χ3n) is 3.53. The van der Waals surface area contributed by atoms with Crippen molar-refractivity contribution in [2.75, 3.05) is 14.2 Å². The molecular formula is C14H20N2O3. The van der Waals surface area contributed by atoms with E-state index in [4.69, 9.17) is 15.2 Å². The largest absolute Gasteiger partial charge is 0.497 e. The van der Waals surface area contributed by atoms with Crippen LogP contribution < -0.4 is 20.5 Å². The molecule has 0 heterocycles. The monoisotopic (exact) mass is 264 g/mol. The van der Waals surface area contributed by atoms with Gasteiger partial charge in [0.2, 0.25) is 5.91 Å². The fraction of sp³-hybridized carbons (Fsp3) is 0.500. The molecule has 1 amide bonds. The topological polar surface area (TPSA) is 73.6 Å². The first-order chi connectivity index (χ1) is 9.00. The molecule has 19 heavy (non-hydrogen) atoms. The molecule has 5 heteroatoms. The third-order valence-corrected chi connectivity index (χ3v) is 3.53. The van der Waals surface area contributed by atoms with E-state index in [0.717, 1.165) is 29.7 Å². The Morgan fingerprint density at radius 2 is 2.05 bits per heavy atom. The van der Waals surface area contributed by atoms with E-state index in [-0.39, 0.29) is 5.91 Å². The van der Waals surface area contributed by atoms with Crippen LogP contribution >= 0.6 is 0 Å². The van der Waals surface area contributed by atoms with Gasteiger partial charge in [0.05, 0.1) is 19.8 Å². The molecule has 0 atom stereocenters. The average molecular weight is 264 g/mol. The van der Waals surface area contributed by atoms with Gasteiger partial charge in [0, 0.05) is 18.2 Å². The number of benzene rings is 1. The Kier molecular flexibility index (Phi) is 3.66. The van der Waals surface area contributed by atoms with Crippen LogP contribution in [0.4, 0.5) is 0 Å². The van der Waals surface area contributed by atoms with Gasteiger partial charge in [0.15, 0.2) is 0 Å². The number of carbonyl (C=O) groups excluding carboxylic acids is 1. The summed E-state index contributed by atoms with van der Waals surface area (Å²) in [7, 11) is 3.21. The Morgan fingerprint density at radius 3 is 2.58 bits per heavy atom. The molecule has 104 valence electrons. The smallest absolute Gasteiger partial charge is 0.240 e. The summed E-state index contributed by atoms with van der Waals surface area (Å²) in [5.74, 6) is 1.35. The van der Waals surface area contributed by atoms with Crippen LogP contribution in [0.5, 0.6) is 11.5 Å². The molecule has 1 fully saturated rings. The molecule has 0 aliphatic heterocycles. The van der Waals surface area contributed by atoms with Crippen molar-refractivity contribution in [1.82, 2.24) is 5.32 Å². The lowest BCUT2D eigenvalue weighted by atomic mass is 10.1. The van der Waals surface area contributed by atoms with E-state index in [9.17, 15) is 4.79 Å². The number of rotatable bonds is 5. The number of methoxy groups -OCH3 is 2. The maximum Gasteiger partial charge on any atom is 0.240 e. The van der Waals surface area contributed by atoms with Crippen molar-refractivity contribution in [2.24, 2.45) is 5.73 Å². The van der Waals surface area contributed by atoms with Crippen LogP contribution in [0.15, 0.2) is 12.1 Å². The van der Waals surface area contributed by atoms with Gasteiger partial charge in [-0.05, 0) is 31.4 Å². The minimum Gasteiger partial charge on any atom is -0.497 e. The average Bonchev–Trinajstić information content (AvgIpc) is 3.15. The normalized spacial score (nSPS) is 15.8. The number of carbonyl (C=O) groups is 1. The van der Waals surface area contributed by atoms with Crippen LogP contribution in [0.2, 0.25) is 0 Å². The molecule has 1 aromatic rings. The number of ether oxygens (including phenoxy) is 2. The van der Waals surface area contributed by atoms with Crippen molar-refractivity contribution in [3.05, 3.63) is 23.3 Å². The van der Waals surface area contributed by atoms with Crippen molar-refractivity contribution >= 4 is 5.91 Å². The number of hydrogen-bond donors (Lipinski definition) is 2. The number of nitrogens with one attached hydrogen (secondary N) is 1. The van der Waals surface area contributed by atoms with E-state index < -0.39 is 5.54 Å². The first-order valence-electron chi connectivity index (χ1n) is 6.29. The van der Waals surface area contributed by atoms with Gasteiger partial charge in [0.25, 0.3) is 0 Å². The van der Waals surface area contributed by atoms with Crippen LogP contribution in [-0.2, 0) is 11.3 Å². The quantitative estimate of drug-likeness (QED) is 0.836. The van der Waals surface area contributed by atoms with Gasteiger partial charge in [-0.3, -0.25) is 4.79 Å². The SMILES string of the molecule is COc1cc(C)c(CNC(=O)C2(N)CC2)c(OC)c1. The second-order valence-corrected chi connectivity index (χ2v) is 4.96. The van der Waals surface area contributed by atoms with Crippen LogP contribution in [-0.4, -0.2) is 25.7 Å². The molecular weight excluding hydrogens is 244 g/mol. The summed E-state index contributed by atoms with van der Waals surface area (Å²) >= 11 is 0. The summed E-state index contributed by atoms with van der Waals surface area (Å²) < 4.78 is 10.5. The van der Waals surface area contributed by atoms with E-state index in [1.165, 1.54) is 0 Å². The Balaban J connectivity index is 2.13. The predicted molar refractivity (Wildman–Crippen MR) is 72.3 cm³/mol. The van der Waals surface area contributed by atoms with Gasteiger partial charge in [-0.25, -0.2) is 0 Å². The lowest BCUT2D eigenvalue weighted by Crippen LogP contribution is -2.42. The molecule has 0 aromatic heterocycles. The molecule has 1 aliphatic rings. The fourth-order valence-corrected chi connectivity index (χ4v) is 1.99. The predicted octanol–water partition coefficient (Wildman–Crippen LogP) is 1.12. The van der Waals surface area contributed by atoms with Gasteiger partial charge >= 0.3 is 0 Å². The molecule has 0 spiro atoms. The van der Waals surface area contributed by atoms with Crippen molar-refractivity contribution in [3.8, 4) is 11.5 Å². The highest BCUT2D eigenvalue weighted by molar-refractivity contribution is 5.89. The van der Waals surface area contributed by atoms with E-state index in [2.05, 4.69) is 5.32 Å². The zero-order valence-corrected chi connectivity index (χ0v) is 11.6. The Hall–Kier alpha value is -1.75. The van der Waals surface area contributed by atoms with E-state index >= 15 is 0 Å². The van der Waals surface area contributed by atoms with Crippen molar-refractivity contribution < 1.29 is 14.3 Å². The number of amides is 1. The van der Waals surface area contributed by atoms with Crippen molar-refractivity contribution in [1.29, 1.82) is 0 Å². The molecule has 2 rings (SSSR count). The van der Waals surface area contributed by atoms with E-state index in [0.29, 0.717) is 12.3 Å². The van der Waals surface area contributed by atoms with Crippen molar-refractivity contribution in [3.63, 3.8) is 0 Å². The summed E-state index contributed by atoms with van der Waals surface area (Å²) in [4.78, 5) is 11.8. The number of aryl methyl sites for hydroxylation is 1. The van der Waals surface area contributed by atoms with Gasteiger partial charge in [0.1, 0.15) is 11.5 Å². The first kappa shape index (κ1) is 13.7. The molecule has 0 saturated heterocycles. The minimum absolute atomic E-state index is 0.0928. The molecule has 1 saturated carbocycles. The fourth-order valence-electron chi connectivity index (χ4n) is 1.99. The second-order valence-electron chi connectivity index (χ2n) is 4.96. The molecule has 1 aromatic carbocycles. The van der Waals surface area contributed by atoms with E-state index in [1.54, 1.807) is 14.2 Å². The standard InChI is InChI=1S/C14H20N2O3/c1-9-6-10(18-2)7-12(19-3)11(9)8-16-13(17)14(15)4-5-14/h6-7H,4-5,8,15H2,1-3H3,(H,16,17). The Bertz CT molecular complexity index is 496. The van der Waals surface area contributed by atoms with Crippen LogP contribution in [0.25, 0.3) is 0 Å². The zero-order valence-electron chi connectivity index (χ0n) is 11.6. The van der Waals surface area contributed by atoms with Crippen LogP contribution in [0.1, 0.15) is 24.0 Å². The molecule has 5 nitrogen and oxygen atoms in total. The van der Waals surface area contributed by atoms with Gasteiger partial charge in [-0.1, -0.05) is 0 Å². The van der Waals surface area contributed by atoms with Crippen LogP contribution in [0.3, 0.4) is 0 Å². The van der Waals surface area contributed by atoms with Crippen LogP contribution in [0, 0.1) is 6.92 Å². The summed E-state index contributed by atoms with van der Waals surface area (Å²) in [6, 6.07) is 3.73. The first-order valence-corrected chi connectivity index (χ1v) is 6.29. The maximum absolute atomic E-state index is 11.8. The Morgan fingerprint density at radius 1 is 1.37 bits per heavy atom. The zero-order chi connectivity index (χ0) is 14.0. The van der Waals surface area contributed by atoms with Gasteiger partial charge in [-0.2, -0.15) is 0 Å². The molecule has 1 aliphatic carbocycles. The number of hydrogen-bond acceptors (Lipinski definition) is 4. The summed E-state index contributed by atoms with van der Waals surface area (Å²) in [6.45, 7) is 2.37. The molecule has 0 unspecified atom stereocenters. The summed E-state index contributed by atoms with van der Waals surface area (Å²) in [5, 5.41) is 2.87. The maximum atomic E-state index is 11.8. The minimum atomic E-state index is -0.645. The summed E-state index contributed by atoms with van der Waals surface area (Å²) in [5.41, 5.74) is 7.16. The molecule has 3 N–H and O–H groups in total. The summed E-state index contributed by atoms with van der Waals surface area (Å²) in [6.07, 6.45) is 1.52. The lowest BCUT2D eigenvalue weighted by Gasteiger charge is -2.16. The van der Waals surface area contributed by atoms with Crippen molar-refractivity contribution in [2.45, 2.75) is 31.8 Å². The Labute approximate surface area is 113 Å². The molecule has 0 bridgehead atoms. The van der Waals surface area contributed by atoms with E-state index in [1.807, 2.05) is 19.1 Å².